The zero-order valence-electron chi connectivity index (χ0n) is 19.6. The number of benzene rings is 1. The number of hydrogen-bond donors (Lipinski definition) is 3. The molecule has 5 rings (SSSR count). The number of rotatable bonds is 8. The number of aryl methyl sites for hydroxylation is 1. The highest BCUT2D eigenvalue weighted by Crippen LogP contribution is 2.40. The van der Waals surface area contributed by atoms with Gasteiger partial charge in [-0.3, -0.25) is 5.41 Å². The minimum atomic E-state index is -1.06. The zero-order chi connectivity index (χ0) is 24.7. The molecular weight excluding hydrogens is 468 g/mol. The lowest BCUT2D eigenvalue weighted by Crippen LogP contribution is -2.46. The monoisotopic (exact) mass is 496 g/mol. The van der Waals surface area contributed by atoms with E-state index >= 15 is 0 Å². The Bertz CT molecular complexity index is 1180. The molecule has 2 saturated heterocycles. The lowest BCUT2D eigenvalue weighted by Gasteiger charge is -2.39. The van der Waals surface area contributed by atoms with Crippen LogP contribution in [-0.4, -0.2) is 56.7 Å². The highest BCUT2D eigenvalue weighted by atomic mass is 35.5. The van der Waals surface area contributed by atoms with Gasteiger partial charge in [0.05, 0.1) is 18.4 Å². The van der Waals surface area contributed by atoms with Gasteiger partial charge in [-0.2, -0.15) is 0 Å². The first kappa shape index (κ1) is 23.8. The third-order valence-corrected chi connectivity index (χ3v) is 7.49. The second-order valence-electron chi connectivity index (χ2n) is 9.69. The number of carboxylic acid groups (broad SMARTS) is 1. The van der Waals surface area contributed by atoms with Gasteiger partial charge in [-0.05, 0) is 57.6 Å². The van der Waals surface area contributed by atoms with Gasteiger partial charge < -0.3 is 19.8 Å². The van der Waals surface area contributed by atoms with Crippen molar-refractivity contribution < 1.29 is 19.7 Å². The van der Waals surface area contributed by atoms with Crippen molar-refractivity contribution in [2.45, 2.75) is 63.6 Å². The molecule has 0 radical (unpaired) electrons. The Hall–Kier alpha value is -2.97. The Kier molecular flexibility index (Phi) is 6.51. The van der Waals surface area contributed by atoms with E-state index in [2.05, 4.69) is 14.9 Å². The number of carbonyl (C=O) groups is 1. The van der Waals surface area contributed by atoms with E-state index < -0.39 is 5.97 Å². The molecule has 3 atom stereocenters. The van der Waals surface area contributed by atoms with Crippen molar-refractivity contribution in [3.63, 3.8) is 0 Å². The second kappa shape index (κ2) is 9.59. The molecule has 3 heterocycles. The van der Waals surface area contributed by atoms with Crippen molar-refractivity contribution in [2.75, 3.05) is 11.5 Å². The summed E-state index contributed by atoms with van der Waals surface area (Å²) >= 11 is 6.33. The van der Waals surface area contributed by atoms with Crippen molar-refractivity contribution in [2.24, 2.45) is 5.92 Å². The predicted octanol–water partition coefficient (Wildman–Crippen LogP) is 4.94. The van der Waals surface area contributed by atoms with Gasteiger partial charge >= 0.3 is 5.97 Å². The highest BCUT2D eigenvalue weighted by molar-refractivity contribution is 6.35. The summed E-state index contributed by atoms with van der Waals surface area (Å²) in [4.78, 5) is 22.5. The molecule has 3 N–H and O–H groups in total. The minimum Gasteiger partial charge on any atom is -0.512 e. The lowest BCUT2D eigenvalue weighted by atomic mass is 9.98. The van der Waals surface area contributed by atoms with Gasteiger partial charge in [-0.15, -0.1) is 0 Å². The van der Waals surface area contributed by atoms with Crippen LogP contribution in [0.15, 0.2) is 41.7 Å². The van der Waals surface area contributed by atoms with Crippen LogP contribution in [0.1, 0.15) is 60.3 Å². The topological polar surface area (TPSA) is 120 Å². The van der Waals surface area contributed by atoms with Crippen molar-refractivity contribution in [1.29, 1.82) is 5.41 Å². The molecule has 3 aliphatic rings. The van der Waals surface area contributed by atoms with Crippen molar-refractivity contribution in [3.05, 3.63) is 63.6 Å². The quantitative estimate of drug-likeness (QED) is 0.349. The van der Waals surface area contributed by atoms with E-state index in [4.69, 9.17) is 21.7 Å². The molecule has 35 heavy (non-hydrogen) atoms. The minimum absolute atomic E-state index is 0.00805. The maximum absolute atomic E-state index is 11.5. The Morgan fingerprint density at radius 1 is 1.14 bits per heavy atom. The van der Waals surface area contributed by atoms with Gasteiger partial charge in [-0.25, -0.2) is 14.8 Å². The molecule has 1 saturated carbocycles. The maximum Gasteiger partial charge on any atom is 0.354 e. The first-order valence-corrected chi connectivity index (χ1v) is 12.4. The molecule has 3 fully saturated rings. The van der Waals surface area contributed by atoms with Crippen LogP contribution in [-0.2, 0) is 4.74 Å². The molecule has 9 heteroatoms. The van der Waals surface area contributed by atoms with E-state index in [-0.39, 0.29) is 47.9 Å². The number of carboxylic acids is 1. The molecule has 1 aromatic carbocycles. The summed E-state index contributed by atoms with van der Waals surface area (Å²) in [5.41, 5.74) is 1.93. The molecule has 0 amide bonds. The van der Waals surface area contributed by atoms with Gasteiger partial charge in [0.25, 0.3) is 0 Å². The number of allylic oxidation sites excluding steroid dienone is 1. The number of ether oxygens (including phenoxy) is 1. The fraction of sp³-hybridized carbons (Fsp3) is 0.462. The van der Waals surface area contributed by atoms with Crippen LogP contribution in [0.3, 0.4) is 0 Å². The summed E-state index contributed by atoms with van der Waals surface area (Å²) in [6.07, 6.45) is 5.25. The molecule has 1 aliphatic carbocycles. The second-order valence-corrected chi connectivity index (χ2v) is 10.1. The number of aliphatic hydroxyl groups is 1. The van der Waals surface area contributed by atoms with E-state index in [0.29, 0.717) is 27.8 Å². The highest BCUT2D eigenvalue weighted by Gasteiger charge is 2.43. The summed E-state index contributed by atoms with van der Waals surface area (Å²) in [5.74, 6) is -0.250. The van der Waals surface area contributed by atoms with Gasteiger partial charge in [0.1, 0.15) is 5.76 Å². The summed E-state index contributed by atoms with van der Waals surface area (Å²) in [5, 5.41) is 29.5. The number of aromatic carboxylic acids is 1. The molecule has 1 aromatic heterocycles. The van der Waals surface area contributed by atoms with E-state index in [1.54, 1.807) is 19.1 Å². The summed E-state index contributed by atoms with van der Waals surface area (Å²) < 4.78 is 6.31. The number of hydrogen-bond acceptors (Lipinski definition) is 7. The fourth-order valence-electron chi connectivity index (χ4n) is 5.27. The normalized spacial score (nSPS) is 24.3. The number of fused-ring (bicyclic) bond motifs is 2. The summed E-state index contributed by atoms with van der Waals surface area (Å²) in [7, 11) is 0. The number of aliphatic hydroxyl groups excluding tert-OH is 1. The van der Waals surface area contributed by atoms with E-state index in [0.717, 1.165) is 38.5 Å². The molecule has 184 valence electrons. The first-order valence-electron chi connectivity index (χ1n) is 12.1. The Labute approximate surface area is 209 Å². The van der Waals surface area contributed by atoms with E-state index in [9.17, 15) is 15.0 Å². The molecule has 2 bridgehead atoms. The molecular formula is C26H29ClN4O4. The number of nitrogens with one attached hydrogen (secondary N) is 1. The summed E-state index contributed by atoms with van der Waals surface area (Å²) in [6, 6.07) is 8.99. The third-order valence-electron chi connectivity index (χ3n) is 7.16. The Morgan fingerprint density at radius 3 is 2.46 bits per heavy atom. The van der Waals surface area contributed by atoms with Crippen molar-refractivity contribution in [1.82, 2.24) is 9.97 Å². The smallest absolute Gasteiger partial charge is 0.354 e. The Balaban J connectivity index is 1.31. The number of anilines is 1. The van der Waals surface area contributed by atoms with Crippen LogP contribution in [0.5, 0.6) is 0 Å². The molecule has 2 unspecified atom stereocenters. The molecule has 8 nitrogen and oxygen atoms in total. The predicted molar refractivity (Wildman–Crippen MR) is 133 cm³/mol. The third kappa shape index (κ3) is 4.90. The van der Waals surface area contributed by atoms with Crippen LogP contribution in [0, 0.1) is 18.3 Å². The van der Waals surface area contributed by atoms with Gasteiger partial charge in [0.2, 0.25) is 5.95 Å². The van der Waals surface area contributed by atoms with Crippen LogP contribution in [0.2, 0.25) is 5.02 Å². The average Bonchev–Trinajstić information content (AvgIpc) is 3.64. The fourth-order valence-corrected chi connectivity index (χ4v) is 5.50. The average molecular weight is 497 g/mol. The number of nitrogens with zero attached hydrogens (tertiary/aromatic N) is 3. The van der Waals surface area contributed by atoms with Gasteiger partial charge in [0, 0.05) is 39.9 Å². The number of piperidine rings is 1. The van der Waals surface area contributed by atoms with Crippen LogP contribution >= 0.6 is 11.6 Å². The number of aromatic nitrogens is 2. The SMILES string of the molecule is Cc1cc(C(=O)O)nc(N2C3CC[C@H]2CC(OC/C(C(=N)c2ccccc2Cl)=C(/O)C2CC2)C3)n1. The standard InChI is InChI=1S/C26H29ClN4O4/c1-14-10-22(25(33)34)30-26(29-14)31-16-8-9-17(31)12-18(11-16)35-13-20(24(32)15-6-7-15)23(28)19-4-2-3-5-21(19)27/h2-5,10,15-18,28,32H,6-9,11-13H2,1H3,(H,33,34)/b24-20-,28-23?/t16-,17?,18?/m0/s1. The Morgan fingerprint density at radius 2 is 1.83 bits per heavy atom. The summed E-state index contributed by atoms with van der Waals surface area (Å²) in [6.45, 7) is 1.93. The van der Waals surface area contributed by atoms with Crippen LogP contribution < -0.4 is 4.90 Å². The molecule has 0 spiro atoms. The van der Waals surface area contributed by atoms with Crippen LogP contribution in [0.25, 0.3) is 0 Å². The van der Waals surface area contributed by atoms with Crippen molar-refractivity contribution in [3.8, 4) is 0 Å². The van der Waals surface area contributed by atoms with Crippen LogP contribution in [0.4, 0.5) is 5.95 Å². The van der Waals surface area contributed by atoms with Gasteiger partial charge in [0.15, 0.2) is 5.69 Å². The number of halogens is 1. The largest absolute Gasteiger partial charge is 0.512 e. The first-order chi connectivity index (χ1) is 16.8. The maximum atomic E-state index is 11.5. The van der Waals surface area contributed by atoms with E-state index in [1.165, 1.54) is 6.07 Å². The van der Waals surface area contributed by atoms with Crippen molar-refractivity contribution >= 4 is 29.2 Å². The van der Waals surface area contributed by atoms with E-state index in [1.807, 2.05) is 12.1 Å². The molecule has 2 aromatic rings. The zero-order valence-corrected chi connectivity index (χ0v) is 20.3. The lowest BCUT2D eigenvalue weighted by molar-refractivity contribution is 0.0406. The van der Waals surface area contributed by atoms with Gasteiger partial charge in [-0.1, -0.05) is 29.8 Å². The molecule has 2 aliphatic heterocycles.